The van der Waals surface area contributed by atoms with Gasteiger partial charge in [-0.1, -0.05) is 30.3 Å². The van der Waals surface area contributed by atoms with E-state index in [1.807, 2.05) is 65.4 Å². The minimum Gasteiger partial charge on any atom is -0.350 e. The summed E-state index contributed by atoms with van der Waals surface area (Å²) in [6.07, 6.45) is 5.19. The van der Waals surface area contributed by atoms with Crippen LogP contribution in [-0.4, -0.2) is 25.2 Å². The van der Waals surface area contributed by atoms with Crippen LogP contribution in [0.25, 0.3) is 27.6 Å². The number of para-hydroxylation sites is 2. The number of hydrogen-bond acceptors (Lipinski definition) is 4. The van der Waals surface area contributed by atoms with E-state index < -0.39 is 0 Å². The first-order valence-corrected chi connectivity index (χ1v) is 9.93. The second-order valence-electron chi connectivity index (χ2n) is 7.16. The number of aromatic nitrogens is 4. The van der Waals surface area contributed by atoms with Crippen molar-refractivity contribution in [3.05, 3.63) is 101 Å². The number of carbonyl (C=O) groups excluding carboxylic acids is 1. The summed E-state index contributed by atoms with van der Waals surface area (Å²) < 4.78 is 3.56. The van der Waals surface area contributed by atoms with Crippen molar-refractivity contribution < 1.29 is 4.79 Å². The predicted molar refractivity (Wildman–Crippen MR) is 119 cm³/mol. The Balaban J connectivity index is 1.46. The van der Waals surface area contributed by atoms with Crippen LogP contribution < -0.4 is 10.7 Å². The summed E-state index contributed by atoms with van der Waals surface area (Å²) in [6.45, 7) is 0.413. The van der Waals surface area contributed by atoms with Gasteiger partial charge in [-0.2, -0.15) is 5.10 Å². The van der Waals surface area contributed by atoms with Crippen LogP contribution in [0.1, 0.15) is 5.56 Å². The molecule has 7 heteroatoms. The largest absolute Gasteiger partial charge is 0.350 e. The van der Waals surface area contributed by atoms with Gasteiger partial charge in [0.2, 0.25) is 5.91 Å². The minimum atomic E-state index is -0.158. The summed E-state index contributed by atoms with van der Waals surface area (Å²) in [5.74, 6) is 0.515. The number of hydrogen-bond donors (Lipinski definition) is 1. The molecule has 0 bridgehead atoms. The van der Waals surface area contributed by atoms with Gasteiger partial charge in [-0.05, 0) is 36.4 Å². The minimum absolute atomic E-state index is 0.0258. The average molecular weight is 409 g/mol. The fourth-order valence-electron chi connectivity index (χ4n) is 3.81. The van der Waals surface area contributed by atoms with Gasteiger partial charge < -0.3 is 9.88 Å². The molecule has 31 heavy (non-hydrogen) atoms. The highest BCUT2D eigenvalue weighted by Crippen LogP contribution is 2.19. The Labute approximate surface area is 177 Å². The predicted octanol–water partition coefficient (Wildman–Crippen LogP) is 3.05. The molecule has 0 aliphatic carbocycles. The topological polar surface area (TPSA) is 81.8 Å². The first-order valence-electron chi connectivity index (χ1n) is 9.93. The zero-order valence-electron chi connectivity index (χ0n) is 16.6. The third kappa shape index (κ3) is 3.46. The normalized spacial score (nSPS) is 11.1. The number of carbonyl (C=O) groups is 1. The van der Waals surface area contributed by atoms with Gasteiger partial charge in [-0.15, -0.1) is 0 Å². The van der Waals surface area contributed by atoms with E-state index in [1.165, 1.54) is 0 Å². The zero-order chi connectivity index (χ0) is 21.2. The number of benzene rings is 2. The van der Waals surface area contributed by atoms with E-state index >= 15 is 0 Å². The van der Waals surface area contributed by atoms with Crippen LogP contribution in [-0.2, 0) is 17.9 Å². The fourth-order valence-corrected chi connectivity index (χ4v) is 3.81. The lowest BCUT2D eigenvalue weighted by molar-refractivity contribution is -0.121. The SMILES string of the molecule is O=C(Cn1c2ccccc2c(=O)c2ccccc21)NCc1cccnc1-n1cccn1. The Bertz CT molecular complexity index is 1390. The van der Waals surface area contributed by atoms with Crippen molar-refractivity contribution in [3.63, 3.8) is 0 Å². The third-order valence-corrected chi connectivity index (χ3v) is 5.25. The molecule has 2 aromatic carbocycles. The molecule has 0 fully saturated rings. The van der Waals surface area contributed by atoms with Gasteiger partial charge in [0, 0.05) is 41.5 Å². The van der Waals surface area contributed by atoms with Crippen molar-refractivity contribution in [2.24, 2.45) is 0 Å². The maximum Gasteiger partial charge on any atom is 0.240 e. The quantitative estimate of drug-likeness (QED) is 0.453. The second-order valence-corrected chi connectivity index (χ2v) is 7.16. The third-order valence-electron chi connectivity index (χ3n) is 5.25. The summed E-state index contributed by atoms with van der Waals surface area (Å²) in [4.78, 5) is 30.1. The van der Waals surface area contributed by atoms with Gasteiger partial charge in [-0.3, -0.25) is 9.59 Å². The fraction of sp³-hybridized carbons (Fsp3) is 0.0833. The Hall–Kier alpha value is -4.26. The molecule has 1 N–H and O–H groups in total. The van der Waals surface area contributed by atoms with Crippen LogP contribution in [0.4, 0.5) is 0 Å². The highest BCUT2D eigenvalue weighted by Gasteiger charge is 2.13. The van der Waals surface area contributed by atoms with Crippen LogP contribution in [0, 0.1) is 0 Å². The summed E-state index contributed by atoms with van der Waals surface area (Å²) >= 11 is 0. The lowest BCUT2D eigenvalue weighted by Gasteiger charge is -2.15. The van der Waals surface area contributed by atoms with E-state index in [2.05, 4.69) is 15.4 Å². The number of nitrogens with one attached hydrogen (secondary N) is 1. The molecule has 0 spiro atoms. The molecule has 0 radical (unpaired) electrons. The lowest BCUT2D eigenvalue weighted by atomic mass is 10.1. The highest BCUT2D eigenvalue weighted by atomic mass is 16.2. The second kappa shape index (κ2) is 7.87. The zero-order valence-corrected chi connectivity index (χ0v) is 16.6. The molecule has 3 heterocycles. The summed E-state index contributed by atoms with van der Waals surface area (Å²) in [6, 6.07) is 20.3. The number of fused-ring (bicyclic) bond motifs is 2. The summed E-state index contributed by atoms with van der Waals surface area (Å²) in [5.41, 5.74) is 2.30. The van der Waals surface area contributed by atoms with Crippen molar-refractivity contribution in [1.29, 1.82) is 0 Å². The molecule has 5 rings (SSSR count). The maximum atomic E-state index is 12.9. The average Bonchev–Trinajstić information content (AvgIpc) is 3.35. The Morgan fingerprint density at radius 2 is 1.58 bits per heavy atom. The molecule has 5 aromatic rings. The number of amides is 1. The smallest absolute Gasteiger partial charge is 0.240 e. The van der Waals surface area contributed by atoms with Crippen LogP contribution in [0.5, 0.6) is 0 Å². The summed E-state index contributed by atoms with van der Waals surface area (Å²) in [7, 11) is 0. The molecule has 1 amide bonds. The molecule has 0 aliphatic heterocycles. The van der Waals surface area contributed by atoms with Crippen molar-refractivity contribution in [3.8, 4) is 5.82 Å². The summed E-state index contributed by atoms with van der Waals surface area (Å²) in [5, 5.41) is 8.40. The van der Waals surface area contributed by atoms with Crippen LogP contribution in [0.3, 0.4) is 0 Å². The van der Waals surface area contributed by atoms with Gasteiger partial charge in [0.05, 0.1) is 11.0 Å². The van der Waals surface area contributed by atoms with E-state index in [0.717, 1.165) is 16.6 Å². The van der Waals surface area contributed by atoms with Crippen molar-refractivity contribution in [1.82, 2.24) is 24.6 Å². The molecule has 0 aliphatic rings. The van der Waals surface area contributed by atoms with Crippen molar-refractivity contribution >= 4 is 27.7 Å². The Morgan fingerprint density at radius 1 is 0.871 bits per heavy atom. The van der Waals surface area contributed by atoms with E-state index in [0.29, 0.717) is 23.1 Å². The molecular formula is C24H19N5O2. The molecule has 0 saturated heterocycles. The molecule has 0 atom stereocenters. The van der Waals surface area contributed by atoms with Gasteiger partial charge in [0.25, 0.3) is 0 Å². The van der Waals surface area contributed by atoms with E-state index in [9.17, 15) is 9.59 Å². The highest BCUT2D eigenvalue weighted by molar-refractivity contribution is 5.94. The monoisotopic (exact) mass is 409 g/mol. The van der Waals surface area contributed by atoms with Crippen LogP contribution in [0.15, 0.2) is 90.1 Å². The maximum absolute atomic E-state index is 12.9. The molecule has 0 unspecified atom stereocenters. The van der Waals surface area contributed by atoms with Crippen LogP contribution in [0.2, 0.25) is 0 Å². The van der Waals surface area contributed by atoms with Crippen molar-refractivity contribution in [2.45, 2.75) is 13.1 Å². The van der Waals surface area contributed by atoms with Gasteiger partial charge >= 0.3 is 0 Å². The van der Waals surface area contributed by atoms with Gasteiger partial charge in [0.15, 0.2) is 11.2 Å². The van der Waals surface area contributed by atoms with E-state index in [1.54, 1.807) is 29.2 Å². The van der Waals surface area contributed by atoms with Gasteiger partial charge in [0.1, 0.15) is 6.54 Å². The van der Waals surface area contributed by atoms with Crippen molar-refractivity contribution in [2.75, 3.05) is 0 Å². The molecule has 0 saturated carbocycles. The Morgan fingerprint density at radius 3 is 2.26 bits per heavy atom. The number of pyridine rings is 2. The number of nitrogens with zero attached hydrogens (tertiary/aromatic N) is 4. The van der Waals surface area contributed by atoms with E-state index in [4.69, 9.17) is 0 Å². The van der Waals surface area contributed by atoms with E-state index in [-0.39, 0.29) is 17.9 Å². The number of rotatable bonds is 5. The Kier molecular flexibility index (Phi) is 4.76. The molecule has 7 nitrogen and oxygen atoms in total. The first-order chi connectivity index (χ1) is 15.2. The molecule has 3 aromatic heterocycles. The lowest BCUT2D eigenvalue weighted by Crippen LogP contribution is -2.28. The standard InChI is InChI=1S/C24H19N5O2/c30-22(26-15-17-7-5-12-25-24(17)29-14-6-13-27-29)16-28-20-10-3-1-8-18(20)23(31)19-9-2-4-11-21(19)28/h1-14H,15-16H2,(H,26,30). The van der Waals surface area contributed by atoms with Crippen LogP contribution >= 0.6 is 0 Å². The first kappa shape index (κ1) is 18.7. The molecule has 152 valence electrons. The van der Waals surface area contributed by atoms with Gasteiger partial charge in [-0.25, -0.2) is 9.67 Å². The molecular weight excluding hydrogens is 390 g/mol.